The van der Waals surface area contributed by atoms with Crippen molar-refractivity contribution >= 4 is 17.7 Å². The minimum absolute atomic E-state index is 0.311. The van der Waals surface area contributed by atoms with Crippen molar-refractivity contribution in [3.63, 3.8) is 0 Å². The van der Waals surface area contributed by atoms with E-state index < -0.39 is 11.8 Å². The standard InChI is InChI=1S/C17H16FNOS/c18-15-10-13(21-12-6-2-1-3-7-12)9-11-5-4-8-14(16(11)15)17(19)20/h1-3,6-7,9-10,14H,4-5,8H2,(H2,19,20). The molecule has 0 fully saturated rings. The van der Waals surface area contributed by atoms with E-state index in [1.807, 2.05) is 36.4 Å². The summed E-state index contributed by atoms with van der Waals surface area (Å²) in [6.45, 7) is 0. The Bertz CT molecular complexity index is 672. The number of amides is 1. The Kier molecular flexibility index (Phi) is 3.97. The maximum absolute atomic E-state index is 14.4. The van der Waals surface area contributed by atoms with E-state index >= 15 is 0 Å². The zero-order valence-corrected chi connectivity index (χ0v) is 12.3. The molecule has 1 unspecified atom stereocenters. The van der Waals surface area contributed by atoms with Crippen molar-refractivity contribution in [2.75, 3.05) is 0 Å². The molecule has 0 saturated heterocycles. The number of halogens is 1. The number of nitrogens with two attached hydrogens (primary N) is 1. The van der Waals surface area contributed by atoms with Gasteiger partial charge in [0, 0.05) is 15.4 Å². The lowest BCUT2D eigenvalue weighted by atomic mass is 9.82. The Balaban J connectivity index is 1.96. The van der Waals surface area contributed by atoms with Crippen molar-refractivity contribution in [1.82, 2.24) is 0 Å². The van der Waals surface area contributed by atoms with Gasteiger partial charge in [-0.15, -0.1) is 0 Å². The Hall–Kier alpha value is -1.81. The third kappa shape index (κ3) is 2.95. The molecule has 2 nitrogen and oxygen atoms in total. The lowest BCUT2D eigenvalue weighted by molar-refractivity contribution is -0.119. The maximum atomic E-state index is 14.4. The number of carbonyl (C=O) groups is 1. The van der Waals surface area contributed by atoms with Gasteiger partial charge in [0.2, 0.25) is 5.91 Å². The van der Waals surface area contributed by atoms with Crippen molar-refractivity contribution in [3.05, 3.63) is 59.4 Å². The highest BCUT2D eigenvalue weighted by Crippen LogP contribution is 2.37. The number of hydrogen-bond donors (Lipinski definition) is 1. The van der Waals surface area contributed by atoms with Crippen LogP contribution in [-0.4, -0.2) is 5.91 Å². The van der Waals surface area contributed by atoms with Gasteiger partial charge in [-0.25, -0.2) is 4.39 Å². The van der Waals surface area contributed by atoms with Gasteiger partial charge in [0.05, 0.1) is 5.92 Å². The van der Waals surface area contributed by atoms with E-state index in [0.29, 0.717) is 12.0 Å². The molecule has 0 bridgehead atoms. The van der Waals surface area contributed by atoms with E-state index in [1.165, 1.54) is 17.8 Å². The van der Waals surface area contributed by atoms with Crippen molar-refractivity contribution in [2.45, 2.75) is 35.0 Å². The van der Waals surface area contributed by atoms with Gasteiger partial charge in [-0.1, -0.05) is 30.0 Å². The number of aryl methyl sites for hydroxylation is 1. The molecule has 1 atom stereocenters. The van der Waals surface area contributed by atoms with Crippen LogP contribution < -0.4 is 5.73 Å². The van der Waals surface area contributed by atoms with Crippen molar-refractivity contribution in [3.8, 4) is 0 Å². The van der Waals surface area contributed by atoms with Crippen molar-refractivity contribution in [1.29, 1.82) is 0 Å². The van der Waals surface area contributed by atoms with E-state index in [-0.39, 0.29) is 5.82 Å². The van der Waals surface area contributed by atoms with Gasteiger partial charge < -0.3 is 5.73 Å². The molecular weight excluding hydrogens is 285 g/mol. The average Bonchev–Trinajstić information content (AvgIpc) is 2.47. The largest absolute Gasteiger partial charge is 0.369 e. The van der Waals surface area contributed by atoms with Gasteiger partial charge in [-0.3, -0.25) is 4.79 Å². The molecule has 3 rings (SSSR count). The van der Waals surface area contributed by atoms with Gasteiger partial charge in [0.1, 0.15) is 5.82 Å². The fourth-order valence-corrected chi connectivity index (χ4v) is 3.78. The first-order valence-corrected chi connectivity index (χ1v) is 7.81. The highest BCUT2D eigenvalue weighted by molar-refractivity contribution is 7.99. The maximum Gasteiger partial charge on any atom is 0.225 e. The van der Waals surface area contributed by atoms with Crippen LogP contribution in [0.4, 0.5) is 4.39 Å². The molecule has 21 heavy (non-hydrogen) atoms. The van der Waals surface area contributed by atoms with Crippen molar-refractivity contribution in [2.24, 2.45) is 5.73 Å². The van der Waals surface area contributed by atoms with Gasteiger partial charge in [-0.2, -0.15) is 0 Å². The van der Waals surface area contributed by atoms with Gasteiger partial charge >= 0.3 is 0 Å². The fourth-order valence-electron chi connectivity index (χ4n) is 2.85. The van der Waals surface area contributed by atoms with Crippen LogP contribution in [0.25, 0.3) is 0 Å². The highest BCUT2D eigenvalue weighted by atomic mass is 32.2. The summed E-state index contributed by atoms with van der Waals surface area (Å²) in [5, 5.41) is 0. The fraction of sp³-hybridized carbons (Fsp3) is 0.235. The molecule has 2 aromatic rings. The van der Waals surface area contributed by atoms with E-state index in [2.05, 4.69) is 0 Å². The molecule has 1 aliphatic carbocycles. The SMILES string of the molecule is NC(=O)C1CCCc2cc(Sc3ccccc3)cc(F)c21. The monoisotopic (exact) mass is 301 g/mol. The zero-order valence-electron chi connectivity index (χ0n) is 11.5. The summed E-state index contributed by atoms with van der Waals surface area (Å²) < 4.78 is 14.4. The number of fused-ring (bicyclic) bond motifs is 1. The molecule has 0 saturated carbocycles. The molecule has 1 aliphatic rings. The minimum atomic E-state index is -0.482. The molecule has 108 valence electrons. The Morgan fingerprint density at radius 2 is 1.95 bits per heavy atom. The summed E-state index contributed by atoms with van der Waals surface area (Å²) in [6, 6.07) is 13.4. The molecule has 0 radical (unpaired) electrons. The first kappa shape index (κ1) is 14.1. The smallest absolute Gasteiger partial charge is 0.225 e. The first-order chi connectivity index (χ1) is 10.1. The lowest BCUT2D eigenvalue weighted by Gasteiger charge is -2.24. The van der Waals surface area contributed by atoms with Gasteiger partial charge in [0.15, 0.2) is 0 Å². The van der Waals surface area contributed by atoms with Crippen LogP contribution in [0.5, 0.6) is 0 Å². The first-order valence-electron chi connectivity index (χ1n) is 6.99. The second-order valence-electron chi connectivity index (χ2n) is 5.24. The summed E-state index contributed by atoms with van der Waals surface area (Å²) in [7, 11) is 0. The summed E-state index contributed by atoms with van der Waals surface area (Å²) in [5.74, 6) is -1.22. The molecule has 4 heteroatoms. The molecule has 1 amide bonds. The highest BCUT2D eigenvalue weighted by Gasteiger charge is 2.28. The van der Waals surface area contributed by atoms with Crippen LogP contribution in [-0.2, 0) is 11.2 Å². The summed E-state index contributed by atoms with van der Waals surface area (Å²) in [4.78, 5) is 13.4. The van der Waals surface area contributed by atoms with Crippen LogP contribution in [0.1, 0.15) is 29.9 Å². The third-order valence-corrected chi connectivity index (χ3v) is 4.78. The van der Waals surface area contributed by atoms with E-state index in [4.69, 9.17) is 5.73 Å². The number of primary amides is 1. The predicted molar refractivity (Wildman–Crippen MR) is 81.8 cm³/mol. The molecule has 2 aromatic carbocycles. The molecule has 0 aromatic heterocycles. The van der Waals surface area contributed by atoms with Crippen LogP contribution in [0.2, 0.25) is 0 Å². The van der Waals surface area contributed by atoms with Crippen LogP contribution in [0.15, 0.2) is 52.3 Å². The van der Waals surface area contributed by atoms with Crippen LogP contribution in [0.3, 0.4) is 0 Å². The zero-order chi connectivity index (χ0) is 14.8. The second kappa shape index (κ2) is 5.90. The number of benzene rings is 2. The molecule has 0 aliphatic heterocycles. The van der Waals surface area contributed by atoms with Gasteiger partial charge in [-0.05, 0) is 49.1 Å². The number of rotatable bonds is 3. The Labute approximate surface area is 127 Å². The third-order valence-electron chi connectivity index (χ3n) is 3.80. The quantitative estimate of drug-likeness (QED) is 0.935. The van der Waals surface area contributed by atoms with E-state index in [1.54, 1.807) is 0 Å². The minimum Gasteiger partial charge on any atom is -0.369 e. The van der Waals surface area contributed by atoms with E-state index in [0.717, 1.165) is 28.2 Å². The van der Waals surface area contributed by atoms with Crippen molar-refractivity contribution < 1.29 is 9.18 Å². The molecule has 0 spiro atoms. The van der Waals surface area contributed by atoms with Crippen LogP contribution in [0, 0.1) is 5.82 Å². The topological polar surface area (TPSA) is 43.1 Å². The van der Waals surface area contributed by atoms with E-state index in [9.17, 15) is 9.18 Å². The summed E-state index contributed by atoms with van der Waals surface area (Å²) >= 11 is 1.53. The van der Waals surface area contributed by atoms with Crippen LogP contribution >= 0.6 is 11.8 Å². The number of carbonyl (C=O) groups excluding carboxylic acids is 1. The summed E-state index contributed by atoms with van der Waals surface area (Å²) in [6.07, 6.45) is 2.32. The predicted octanol–water partition coefficient (Wildman–Crippen LogP) is 3.88. The van der Waals surface area contributed by atoms with Gasteiger partial charge in [0.25, 0.3) is 0 Å². The molecular formula is C17H16FNOS. The lowest BCUT2D eigenvalue weighted by Crippen LogP contribution is -2.26. The molecule has 0 heterocycles. The summed E-state index contributed by atoms with van der Waals surface area (Å²) in [5.41, 5.74) is 6.83. The Morgan fingerprint density at radius 1 is 1.19 bits per heavy atom. The second-order valence-corrected chi connectivity index (χ2v) is 6.39. The normalized spacial score (nSPS) is 17.3. The number of hydrogen-bond acceptors (Lipinski definition) is 2. The molecule has 2 N–H and O–H groups in total. The average molecular weight is 301 g/mol. The Morgan fingerprint density at radius 3 is 2.67 bits per heavy atom.